The summed E-state index contributed by atoms with van der Waals surface area (Å²) in [5.41, 5.74) is 9.65. The molecule has 0 radical (unpaired) electrons. The van der Waals surface area contributed by atoms with Crippen molar-refractivity contribution in [1.29, 1.82) is 0 Å². The molecule has 27 nitrogen and oxygen atoms in total. The Hall–Kier alpha value is -14.2. The van der Waals surface area contributed by atoms with Crippen LogP contribution < -0.4 is 31.3 Å². The first kappa shape index (κ1) is 71.4. The van der Waals surface area contributed by atoms with Crippen molar-refractivity contribution >= 4 is 132 Å². The number of H-pyrrole nitrogens is 4. The van der Waals surface area contributed by atoms with Gasteiger partial charge >= 0.3 is 6.09 Å². The Kier molecular flexibility index (Phi) is 20.9. The summed E-state index contributed by atoms with van der Waals surface area (Å²) in [7, 11) is 1.49. The summed E-state index contributed by atoms with van der Waals surface area (Å²) in [6, 6.07) is 67.3. The molecule has 1 fully saturated rings. The third kappa shape index (κ3) is 17.0. The molecule has 1 saturated carbocycles. The first-order valence-corrected chi connectivity index (χ1v) is 35.4. The van der Waals surface area contributed by atoms with E-state index in [0.717, 1.165) is 102 Å². The first-order chi connectivity index (χ1) is 53.7. The number of aromatic amines is 4. The summed E-state index contributed by atoms with van der Waals surface area (Å²) in [6.45, 7) is 5.50. The Bertz CT molecular complexity index is 6230. The minimum Gasteiger partial charge on any atom is -0.410 e. The molecule has 8 aromatic heterocycles. The van der Waals surface area contributed by atoms with Gasteiger partial charge in [0, 0.05) is 73.4 Å². The van der Waals surface area contributed by atoms with Crippen molar-refractivity contribution in [2.75, 3.05) is 28.3 Å². The molecule has 1 amide bonds. The maximum Gasteiger partial charge on any atom is 0.412 e. The highest BCUT2D eigenvalue weighted by Crippen LogP contribution is 2.39. The number of nitrogens with zero attached hydrogens (tertiary/aromatic N) is 16. The van der Waals surface area contributed by atoms with E-state index in [1.54, 1.807) is 49.4 Å². The van der Waals surface area contributed by atoms with E-state index in [0.29, 0.717) is 108 Å². The van der Waals surface area contributed by atoms with E-state index in [2.05, 4.69) is 147 Å². The maximum atomic E-state index is 11.5. The zero-order chi connectivity index (χ0) is 75.6. The van der Waals surface area contributed by atoms with Gasteiger partial charge in [-0.15, -0.1) is 26.8 Å². The van der Waals surface area contributed by atoms with Crippen LogP contribution in [0.4, 0.5) is 51.9 Å². The van der Waals surface area contributed by atoms with Crippen molar-refractivity contribution in [3.8, 4) is 74.8 Å². The number of terminal acetylenes is 1. The van der Waals surface area contributed by atoms with Gasteiger partial charge in [-0.3, -0.25) is 20.4 Å². The smallest absolute Gasteiger partial charge is 0.410 e. The molecule has 0 bridgehead atoms. The third-order valence-corrected chi connectivity index (χ3v) is 17.9. The van der Waals surface area contributed by atoms with Gasteiger partial charge in [0.2, 0.25) is 23.8 Å². The summed E-state index contributed by atoms with van der Waals surface area (Å²) >= 11 is 18.2. The molecule has 0 saturated heterocycles. The standard InChI is InChI=1S/C23H18N6.C19H14Cl2N6.C19H16ClN7O2.C19H14N6/c1-15-24-23(29-28-15)27-22-19-9-5-6-10-20(19)25-21(26-22)18-13-11-17(12-14-18)16-7-3-2-4-8-16;20-13-8-7-11(9-14(13)21)16-22-15-4-2-1-3-12(15)18(23-16)25-19-24-17(26-27-19)10-5-6-10;1-10-22-18(27-26-10)25-17-14-8-7-13(29-19(28)21-2)9-15(14)23-16(24-17)11-3-5-12(20)6-4-11;1-3-13-8-10-14(11-9-13)17-21-16-7-5-4-6-15(16)18(22-17)23-19-20-12(2)24-25-19/h2-14H,1H3,(H2,24,25,26,27,28,29);1-4,7-10H,5-6H2,(H2,22,23,24,25,26,27);3-9H,1-2H3,(H,21,28)(H2,22,23,24,25,26,27);1,4-11H,2H3,(H2,20,21,22,23,24,25). The van der Waals surface area contributed by atoms with E-state index >= 15 is 0 Å². The molecule has 9 N–H and O–H groups in total. The van der Waals surface area contributed by atoms with Crippen molar-refractivity contribution in [2.24, 2.45) is 0 Å². The van der Waals surface area contributed by atoms with E-state index in [1.165, 1.54) is 12.6 Å². The second kappa shape index (κ2) is 32.3. The number of aromatic nitrogens is 20. The number of anilines is 8. The number of halogens is 3. The van der Waals surface area contributed by atoms with Crippen LogP contribution in [-0.2, 0) is 0 Å². The molecular formula is C80H62Cl3N25O2. The van der Waals surface area contributed by atoms with Crippen LogP contribution in [-0.4, -0.2) is 114 Å². The number of carbonyl (C=O) groups is 1. The second-order valence-corrected chi connectivity index (χ2v) is 26.1. The number of ether oxygens (including phenoxy) is 1. The fourth-order valence-corrected chi connectivity index (χ4v) is 11.8. The largest absolute Gasteiger partial charge is 0.412 e. The number of hydrogen-bond donors (Lipinski definition) is 9. The number of carbonyl (C=O) groups excluding carboxylic acids is 1. The van der Waals surface area contributed by atoms with Crippen LogP contribution >= 0.6 is 34.8 Å². The van der Waals surface area contributed by atoms with Gasteiger partial charge < -0.3 is 31.3 Å². The molecule has 1 aliphatic carbocycles. The lowest BCUT2D eigenvalue weighted by Crippen LogP contribution is -2.21. The number of benzene rings is 9. The summed E-state index contributed by atoms with van der Waals surface area (Å²) in [4.78, 5) is 66.4. The molecule has 0 atom stereocenters. The van der Waals surface area contributed by atoms with Crippen LogP contribution in [0.25, 0.3) is 100 Å². The lowest BCUT2D eigenvalue weighted by Gasteiger charge is -2.10. The molecule has 1 aliphatic rings. The van der Waals surface area contributed by atoms with E-state index < -0.39 is 6.09 Å². The van der Waals surface area contributed by atoms with Crippen molar-refractivity contribution in [1.82, 2.24) is 106 Å². The number of rotatable bonds is 15. The molecule has 0 spiro atoms. The fraction of sp³-hybridized carbons (Fsp3) is 0.0875. The molecule has 9 aromatic carbocycles. The van der Waals surface area contributed by atoms with Gasteiger partial charge in [0.25, 0.3) is 0 Å². The van der Waals surface area contributed by atoms with E-state index in [1.807, 2.05) is 159 Å². The van der Waals surface area contributed by atoms with Crippen molar-refractivity contribution < 1.29 is 9.53 Å². The predicted molar refractivity (Wildman–Crippen MR) is 428 cm³/mol. The number of para-hydroxylation sites is 3. The Balaban J connectivity index is 0.000000117. The Morgan fingerprint density at radius 3 is 1.24 bits per heavy atom. The molecular weight excluding hydrogens is 1450 g/mol. The molecule has 17 aromatic rings. The average molecular weight is 1510 g/mol. The molecule has 0 aliphatic heterocycles. The van der Waals surface area contributed by atoms with Crippen molar-refractivity contribution in [2.45, 2.75) is 39.5 Å². The van der Waals surface area contributed by atoms with Gasteiger partial charge in [0.15, 0.2) is 23.3 Å². The van der Waals surface area contributed by atoms with Crippen LogP contribution in [0.2, 0.25) is 15.1 Å². The fourth-order valence-electron chi connectivity index (χ4n) is 11.3. The SMILES string of the molecule is C#Cc1ccc(-c2nc(Nc3n[nH]c(C)n3)c3ccccc3n2)cc1.CNC(=O)Oc1ccc2c(Nc3n[nH]c(C)n3)nc(-c3ccc(Cl)cc3)nc2c1.Cc1nc(Nc2nc(-c3ccc(-c4ccccc4)cc3)nc3ccccc23)n[nH]1.Clc1ccc(-c2nc(Nc3n[nH]c(C4CC4)n3)c3ccccc3n2)cc1Cl. The number of amides is 1. The maximum absolute atomic E-state index is 11.5. The monoisotopic (exact) mass is 1510 g/mol. The highest BCUT2D eigenvalue weighted by Gasteiger charge is 2.28. The summed E-state index contributed by atoms with van der Waals surface area (Å²) in [6.07, 6.45) is 7.17. The number of aryl methyl sites for hydroxylation is 3. The number of hydrogen-bond acceptors (Lipinski definition) is 22. The van der Waals surface area contributed by atoms with Crippen LogP contribution in [0.5, 0.6) is 5.75 Å². The van der Waals surface area contributed by atoms with Crippen LogP contribution in [0, 0.1) is 33.1 Å². The zero-order valence-electron chi connectivity index (χ0n) is 58.9. The van der Waals surface area contributed by atoms with Gasteiger partial charge in [0.05, 0.1) is 32.1 Å². The van der Waals surface area contributed by atoms with Crippen molar-refractivity contribution in [3.63, 3.8) is 0 Å². The number of fused-ring (bicyclic) bond motifs is 4. The lowest BCUT2D eigenvalue weighted by atomic mass is 10.0. The predicted octanol–water partition coefficient (Wildman–Crippen LogP) is 17.8. The lowest BCUT2D eigenvalue weighted by molar-refractivity contribution is 0.203. The van der Waals surface area contributed by atoms with Gasteiger partial charge in [-0.05, 0) is 160 Å². The molecule has 0 unspecified atom stereocenters. The van der Waals surface area contributed by atoms with Crippen LogP contribution in [0.1, 0.15) is 47.6 Å². The number of nitrogens with one attached hydrogen (secondary N) is 9. The Morgan fingerprint density at radius 1 is 0.400 bits per heavy atom. The third-order valence-electron chi connectivity index (χ3n) is 16.9. The zero-order valence-corrected chi connectivity index (χ0v) is 61.1. The minimum atomic E-state index is -0.564. The van der Waals surface area contributed by atoms with E-state index in [4.69, 9.17) is 55.9 Å². The molecule has 18 rings (SSSR count). The molecule has 110 heavy (non-hydrogen) atoms. The topological polar surface area (TPSA) is 356 Å². The van der Waals surface area contributed by atoms with Gasteiger partial charge in [-0.1, -0.05) is 132 Å². The first-order valence-electron chi connectivity index (χ1n) is 34.3. The van der Waals surface area contributed by atoms with Gasteiger partial charge in [-0.2, -0.15) is 19.9 Å². The van der Waals surface area contributed by atoms with Crippen molar-refractivity contribution in [3.05, 3.63) is 256 Å². The Morgan fingerprint density at radius 2 is 0.791 bits per heavy atom. The average Bonchev–Trinajstić information content (AvgIpc) is 0.912. The quantitative estimate of drug-likeness (QED) is 0.0430. The minimum absolute atomic E-state index is 0.359. The second-order valence-electron chi connectivity index (χ2n) is 24.8. The summed E-state index contributed by atoms with van der Waals surface area (Å²) < 4.78 is 5.22. The van der Waals surface area contributed by atoms with Crippen LogP contribution in [0.15, 0.2) is 212 Å². The molecule has 540 valence electrons. The van der Waals surface area contributed by atoms with E-state index in [-0.39, 0.29) is 0 Å². The summed E-state index contributed by atoms with van der Waals surface area (Å²) in [5.74, 6) is 13.1. The Labute approximate surface area is 642 Å². The van der Waals surface area contributed by atoms with E-state index in [9.17, 15) is 4.79 Å². The molecule has 8 heterocycles. The highest BCUT2D eigenvalue weighted by molar-refractivity contribution is 6.42. The van der Waals surface area contributed by atoms with Crippen LogP contribution in [0.3, 0.4) is 0 Å². The summed E-state index contributed by atoms with van der Waals surface area (Å²) in [5, 5.41) is 48.2. The van der Waals surface area contributed by atoms with Gasteiger partial charge in [0.1, 0.15) is 52.3 Å². The molecule has 30 heteroatoms. The normalized spacial score (nSPS) is 11.5. The van der Waals surface area contributed by atoms with Gasteiger partial charge in [-0.25, -0.2) is 44.7 Å². The highest BCUT2D eigenvalue weighted by atomic mass is 35.5.